The van der Waals surface area contributed by atoms with E-state index in [1.165, 1.54) is 29.9 Å². The van der Waals surface area contributed by atoms with Crippen LogP contribution in [-0.2, 0) is 5.41 Å². The fraction of sp³-hybridized carbons (Fsp3) is 0.240. The summed E-state index contributed by atoms with van der Waals surface area (Å²) in [6, 6.07) is 10.1. The Labute approximate surface area is 205 Å². The monoisotopic (exact) mass is 495 g/mol. The SMILES string of the molecule is CC(=NNC(=O)c1ccc(C(=O)O)c([N+](=O)[O-])c1C)c1csc(-c2ccc(C(C)(C)C)cc2)c1O. The Hall–Kier alpha value is -4.05. The number of nitrogens with zero attached hydrogens (tertiary/aromatic N) is 2. The molecule has 1 amide bonds. The van der Waals surface area contributed by atoms with Crippen molar-refractivity contribution in [2.45, 2.75) is 40.0 Å². The van der Waals surface area contributed by atoms with Gasteiger partial charge in [-0.15, -0.1) is 11.3 Å². The van der Waals surface area contributed by atoms with Crippen LogP contribution in [0.2, 0.25) is 0 Å². The number of nitrogens with one attached hydrogen (secondary N) is 1. The van der Waals surface area contributed by atoms with Gasteiger partial charge in [0, 0.05) is 10.9 Å². The van der Waals surface area contributed by atoms with Crippen LogP contribution in [0.3, 0.4) is 0 Å². The Morgan fingerprint density at radius 1 is 1.06 bits per heavy atom. The molecule has 182 valence electrons. The maximum Gasteiger partial charge on any atom is 0.342 e. The van der Waals surface area contributed by atoms with Crippen LogP contribution in [0.4, 0.5) is 5.69 Å². The summed E-state index contributed by atoms with van der Waals surface area (Å²) >= 11 is 1.34. The summed E-state index contributed by atoms with van der Waals surface area (Å²) in [5, 5.41) is 37.1. The number of carboxylic acids is 1. The van der Waals surface area contributed by atoms with Crippen molar-refractivity contribution in [1.29, 1.82) is 0 Å². The van der Waals surface area contributed by atoms with Crippen LogP contribution in [0.25, 0.3) is 10.4 Å². The molecule has 0 saturated heterocycles. The number of nitro groups is 1. The maximum atomic E-state index is 12.6. The van der Waals surface area contributed by atoms with Gasteiger partial charge in [0.1, 0.15) is 11.3 Å². The maximum absolute atomic E-state index is 12.6. The molecule has 9 nitrogen and oxygen atoms in total. The summed E-state index contributed by atoms with van der Waals surface area (Å²) in [5.74, 6) is -2.17. The quantitative estimate of drug-likeness (QED) is 0.235. The lowest BCUT2D eigenvalue weighted by Gasteiger charge is -2.19. The molecule has 0 atom stereocenters. The summed E-state index contributed by atoms with van der Waals surface area (Å²) in [6.45, 7) is 9.28. The van der Waals surface area contributed by atoms with Gasteiger partial charge in [-0.1, -0.05) is 45.0 Å². The number of carboxylic acid groups (broad SMARTS) is 1. The molecule has 0 fully saturated rings. The summed E-state index contributed by atoms with van der Waals surface area (Å²) in [5.41, 5.74) is 3.82. The van der Waals surface area contributed by atoms with E-state index in [2.05, 4.69) is 31.3 Å². The lowest BCUT2D eigenvalue weighted by atomic mass is 9.86. The van der Waals surface area contributed by atoms with Crippen molar-refractivity contribution in [1.82, 2.24) is 5.43 Å². The minimum atomic E-state index is -1.46. The van der Waals surface area contributed by atoms with E-state index in [1.54, 1.807) is 12.3 Å². The lowest BCUT2D eigenvalue weighted by molar-refractivity contribution is -0.385. The van der Waals surface area contributed by atoms with E-state index >= 15 is 0 Å². The van der Waals surface area contributed by atoms with Gasteiger partial charge in [0.2, 0.25) is 0 Å². The molecule has 35 heavy (non-hydrogen) atoms. The fourth-order valence-electron chi connectivity index (χ4n) is 3.54. The summed E-state index contributed by atoms with van der Waals surface area (Å²) in [4.78, 5) is 35.1. The normalized spacial score (nSPS) is 11.9. The van der Waals surface area contributed by atoms with Crippen molar-refractivity contribution in [3.05, 3.63) is 79.7 Å². The number of rotatable bonds is 6. The molecule has 0 radical (unpaired) electrons. The first-order valence-corrected chi connectivity index (χ1v) is 11.5. The molecule has 1 heterocycles. The second kappa shape index (κ2) is 9.67. The molecule has 3 N–H and O–H groups in total. The van der Waals surface area contributed by atoms with E-state index in [1.807, 2.05) is 24.3 Å². The van der Waals surface area contributed by atoms with E-state index in [4.69, 9.17) is 0 Å². The smallest absolute Gasteiger partial charge is 0.342 e. The van der Waals surface area contributed by atoms with E-state index in [0.717, 1.165) is 11.6 Å². The minimum Gasteiger partial charge on any atom is -0.506 e. The van der Waals surface area contributed by atoms with E-state index in [9.17, 15) is 29.9 Å². The lowest BCUT2D eigenvalue weighted by Crippen LogP contribution is -2.21. The molecule has 1 aromatic heterocycles. The summed E-state index contributed by atoms with van der Waals surface area (Å²) in [6.07, 6.45) is 0. The van der Waals surface area contributed by atoms with Gasteiger partial charge in [0.05, 0.1) is 26.6 Å². The number of carbonyl (C=O) groups is 2. The van der Waals surface area contributed by atoms with Gasteiger partial charge < -0.3 is 10.2 Å². The van der Waals surface area contributed by atoms with Gasteiger partial charge in [-0.3, -0.25) is 14.9 Å². The highest BCUT2D eigenvalue weighted by molar-refractivity contribution is 7.14. The molecule has 0 unspecified atom stereocenters. The second-order valence-electron chi connectivity index (χ2n) is 8.99. The van der Waals surface area contributed by atoms with Crippen LogP contribution in [0.5, 0.6) is 5.75 Å². The number of benzene rings is 2. The van der Waals surface area contributed by atoms with Crippen LogP contribution in [0.15, 0.2) is 46.9 Å². The Bertz CT molecular complexity index is 1350. The van der Waals surface area contributed by atoms with E-state index < -0.39 is 28.1 Å². The van der Waals surface area contributed by atoms with Crippen molar-refractivity contribution in [3.63, 3.8) is 0 Å². The third-order valence-corrected chi connectivity index (χ3v) is 6.60. The Morgan fingerprint density at radius 2 is 1.66 bits per heavy atom. The third-order valence-electron chi connectivity index (χ3n) is 5.58. The summed E-state index contributed by atoms with van der Waals surface area (Å²) < 4.78 is 0. The molecule has 0 bridgehead atoms. The molecular weight excluding hydrogens is 470 g/mol. The highest BCUT2D eigenvalue weighted by atomic mass is 32.1. The first-order chi connectivity index (χ1) is 16.3. The van der Waals surface area contributed by atoms with Gasteiger partial charge in [-0.2, -0.15) is 5.10 Å². The van der Waals surface area contributed by atoms with Crippen molar-refractivity contribution in [3.8, 4) is 16.2 Å². The molecular formula is C25H25N3O6S. The van der Waals surface area contributed by atoms with Gasteiger partial charge in [0.25, 0.3) is 11.6 Å². The number of hydrogen-bond acceptors (Lipinski definition) is 7. The van der Waals surface area contributed by atoms with Crippen LogP contribution in [0, 0.1) is 17.0 Å². The van der Waals surface area contributed by atoms with Gasteiger partial charge in [-0.05, 0) is 42.5 Å². The number of hydrazone groups is 1. The predicted octanol–water partition coefficient (Wildman–Crippen LogP) is 5.49. The highest BCUT2D eigenvalue weighted by Gasteiger charge is 2.27. The average molecular weight is 496 g/mol. The molecule has 0 spiro atoms. The van der Waals surface area contributed by atoms with E-state index in [-0.39, 0.29) is 22.3 Å². The zero-order chi connectivity index (χ0) is 26.1. The Kier molecular flexibility index (Phi) is 7.06. The van der Waals surface area contributed by atoms with Crippen molar-refractivity contribution in [2.75, 3.05) is 0 Å². The molecule has 2 aromatic carbocycles. The standard InChI is InChI=1S/C25H25N3O6S/c1-13-17(10-11-18(24(31)32)20(13)28(33)34)23(30)27-26-14(2)19-12-35-22(21(19)29)15-6-8-16(9-7-15)25(3,4)5/h6-12,29H,1-5H3,(H,27,30)(H,31,32). The number of amides is 1. The zero-order valence-electron chi connectivity index (χ0n) is 19.9. The van der Waals surface area contributed by atoms with Crippen LogP contribution in [0.1, 0.15) is 65.1 Å². The number of aromatic carboxylic acids is 1. The Morgan fingerprint density at radius 3 is 2.20 bits per heavy atom. The third kappa shape index (κ3) is 5.22. The molecule has 0 aliphatic carbocycles. The highest BCUT2D eigenvalue weighted by Crippen LogP contribution is 2.39. The first kappa shape index (κ1) is 25.6. The van der Waals surface area contributed by atoms with Crippen LogP contribution in [-0.4, -0.2) is 32.7 Å². The van der Waals surface area contributed by atoms with Crippen molar-refractivity contribution < 1.29 is 24.7 Å². The molecule has 0 saturated carbocycles. The van der Waals surface area contributed by atoms with Gasteiger partial charge in [0.15, 0.2) is 0 Å². The average Bonchev–Trinajstić information content (AvgIpc) is 3.17. The van der Waals surface area contributed by atoms with Gasteiger partial charge in [-0.25, -0.2) is 10.2 Å². The topological polar surface area (TPSA) is 142 Å². The largest absolute Gasteiger partial charge is 0.506 e. The fourth-order valence-corrected chi connectivity index (χ4v) is 4.56. The molecule has 0 aliphatic heterocycles. The number of hydrogen-bond donors (Lipinski definition) is 3. The zero-order valence-corrected chi connectivity index (χ0v) is 20.7. The number of nitro benzene ring substituents is 1. The molecule has 3 aromatic rings. The van der Waals surface area contributed by atoms with E-state index in [0.29, 0.717) is 16.2 Å². The van der Waals surface area contributed by atoms with Crippen molar-refractivity contribution >= 4 is 34.6 Å². The number of thiophene rings is 1. The van der Waals surface area contributed by atoms with Crippen LogP contribution >= 0.6 is 11.3 Å². The first-order valence-electron chi connectivity index (χ1n) is 10.6. The number of aromatic hydroxyl groups is 1. The summed E-state index contributed by atoms with van der Waals surface area (Å²) in [7, 11) is 0. The Balaban J connectivity index is 1.85. The molecule has 3 rings (SSSR count). The minimum absolute atomic E-state index is 0.00929. The molecule has 10 heteroatoms. The van der Waals surface area contributed by atoms with Crippen molar-refractivity contribution in [2.24, 2.45) is 5.10 Å². The van der Waals surface area contributed by atoms with Gasteiger partial charge >= 0.3 is 5.97 Å². The van der Waals surface area contributed by atoms with Crippen LogP contribution < -0.4 is 5.43 Å². The second-order valence-corrected chi connectivity index (χ2v) is 9.87. The molecule has 0 aliphatic rings. The number of carbonyl (C=O) groups excluding carboxylic acids is 1. The predicted molar refractivity (Wildman–Crippen MR) is 135 cm³/mol.